The van der Waals surface area contributed by atoms with Crippen LogP contribution in [0.25, 0.3) is 0 Å². The molecule has 1 amide bonds. The van der Waals surface area contributed by atoms with Gasteiger partial charge in [0.1, 0.15) is 6.04 Å². The molecule has 0 aliphatic heterocycles. The monoisotopic (exact) mass is 153 g/mol. The van der Waals surface area contributed by atoms with Gasteiger partial charge in [-0.1, -0.05) is 6.08 Å². The van der Waals surface area contributed by atoms with E-state index in [1.807, 2.05) is 6.07 Å². The molecule has 0 aliphatic carbocycles. The quantitative estimate of drug-likeness (QED) is 0.524. The molecular weight excluding hydrogens is 142 g/mol. The molecule has 0 spiro atoms. The van der Waals surface area contributed by atoms with Crippen LogP contribution >= 0.6 is 0 Å². The maximum atomic E-state index is 10.3. The van der Waals surface area contributed by atoms with Gasteiger partial charge >= 0.3 is 0 Å². The highest BCUT2D eigenvalue weighted by Gasteiger charge is 2.07. The van der Waals surface area contributed by atoms with E-state index in [0.717, 1.165) is 0 Å². The Morgan fingerprint density at radius 3 is 2.91 bits per heavy atom. The third-order valence-corrected chi connectivity index (χ3v) is 1.07. The van der Waals surface area contributed by atoms with Gasteiger partial charge in [0.2, 0.25) is 5.91 Å². The zero-order valence-corrected chi connectivity index (χ0v) is 6.21. The summed E-state index contributed by atoms with van der Waals surface area (Å²) in [6.45, 7) is 3.96. The Kier molecular flexibility index (Phi) is 4.78. The van der Waals surface area contributed by atoms with Crippen molar-refractivity contribution in [1.82, 2.24) is 5.32 Å². The fourth-order valence-electron chi connectivity index (χ4n) is 0.590. The number of carbonyl (C=O) groups excluding carboxylic acids is 1. The lowest BCUT2D eigenvalue weighted by molar-refractivity contribution is -0.118. The molecule has 3 N–H and O–H groups in total. The standard InChI is InChI=1S/C7H11N3O/c1-2-3-10-6(5-8)4-7(9)11/h2,6,10H,1,3-4H2,(H2,9,11). The second kappa shape index (κ2) is 5.45. The summed E-state index contributed by atoms with van der Waals surface area (Å²) >= 11 is 0. The van der Waals surface area contributed by atoms with E-state index in [9.17, 15) is 4.79 Å². The first-order valence-electron chi connectivity index (χ1n) is 3.23. The van der Waals surface area contributed by atoms with Gasteiger partial charge in [0.05, 0.1) is 12.5 Å². The van der Waals surface area contributed by atoms with Crippen LogP contribution in [0.4, 0.5) is 0 Å². The molecule has 0 aromatic heterocycles. The molecule has 1 unspecified atom stereocenters. The Bertz CT molecular complexity index is 183. The fourth-order valence-corrected chi connectivity index (χ4v) is 0.590. The van der Waals surface area contributed by atoms with Crippen molar-refractivity contribution in [3.63, 3.8) is 0 Å². The molecule has 0 saturated carbocycles. The van der Waals surface area contributed by atoms with Crippen LogP contribution in [0.5, 0.6) is 0 Å². The first-order chi connectivity index (χ1) is 5.20. The highest BCUT2D eigenvalue weighted by Crippen LogP contribution is 1.87. The molecule has 0 rings (SSSR count). The number of carbonyl (C=O) groups is 1. The molecule has 0 aliphatic rings. The van der Waals surface area contributed by atoms with Gasteiger partial charge < -0.3 is 5.73 Å². The topological polar surface area (TPSA) is 78.9 Å². The summed E-state index contributed by atoms with van der Waals surface area (Å²) in [6, 6.07) is 1.41. The number of nitriles is 1. The van der Waals surface area contributed by atoms with Gasteiger partial charge in [0.25, 0.3) is 0 Å². The summed E-state index contributed by atoms with van der Waals surface area (Å²) in [5.74, 6) is -0.479. The van der Waals surface area contributed by atoms with Gasteiger partial charge in [-0.05, 0) is 0 Å². The average Bonchev–Trinajstić information content (AvgIpc) is 1.97. The van der Waals surface area contributed by atoms with Crippen molar-refractivity contribution < 1.29 is 4.79 Å². The van der Waals surface area contributed by atoms with Crippen molar-refractivity contribution in [1.29, 1.82) is 5.26 Å². The summed E-state index contributed by atoms with van der Waals surface area (Å²) < 4.78 is 0. The Hall–Kier alpha value is -1.34. The number of amides is 1. The lowest BCUT2D eigenvalue weighted by Gasteiger charge is -2.05. The van der Waals surface area contributed by atoms with Crippen LogP contribution in [0.2, 0.25) is 0 Å². The van der Waals surface area contributed by atoms with E-state index in [1.165, 1.54) is 0 Å². The van der Waals surface area contributed by atoms with Crippen LogP contribution in [-0.2, 0) is 4.79 Å². The molecule has 4 nitrogen and oxygen atoms in total. The third kappa shape index (κ3) is 5.12. The molecule has 0 radical (unpaired) electrons. The summed E-state index contributed by atoms with van der Waals surface area (Å²) in [6.07, 6.45) is 1.66. The first-order valence-corrected chi connectivity index (χ1v) is 3.23. The van der Waals surface area contributed by atoms with Crippen molar-refractivity contribution in [2.24, 2.45) is 5.73 Å². The molecule has 0 heterocycles. The van der Waals surface area contributed by atoms with E-state index in [-0.39, 0.29) is 6.42 Å². The summed E-state index contributed by atoms with van der Waals surface area (Å²) in [7, 11) is 0. The number of nitrogens with two attached hydrogens (primary N) is 1. The van der Waals surface area contributed by atoms with Crippen LogP contribution < -0.4 is 11.1 Å². The van der Waals surface area contributed by atoms with E-state index < -0.39 is 11.9 Å². The minimum atomic E-state index is -0.495. The number of nitrogens with zero attached hydrogens (tertiary/aromatic N) is 1. The normalized spacial score (nSPS) is 11.5. The van der Waals surface area contributed by atoms with Crippen LogP contribution in [-0.4, -0.2) is 18.5 Å². The summed E-state index contributed by atoms with van der Waals surface area (Å²) in [5, 5.41) is 11.2. The van der Waals surface area contributed by atoms with Gasteiger partial charge in [-0.15, -0.1) is 6.58 Å². The Labute approximate surface area is 65.7 Å². The summed E-state index contributed by atoms with van der Waals surface area (Å²) in [5.41, 5.74) is 4.88. The highest BCUT2D eigenvalue weighted by atomic mass is 16.1. The number of primary amides is 1. The van der Waals surface area contributed by atoms with E-state index >= 15 is 0 Å². The molecule has 1 atom stereocenters. The second-order valence-corrected chi connectivity index (χ2v) is 2.05. The molecule has 11 heavy (non-hydrogen) atoms. The number of hydrogen-bond acceptors (Lipinski definition) is 3. The number of nitrogens with one attached hydrogen (secondary N) is 1. The van der Waals surface area contributed by atoms with E-state index in [2.05, 4.69) is 11.9 Å². The smallest absolute Gasteiger partial charge is 0.220 e. The average molecular weight is 153 g/mol. The molecule has 0 aromatic rings. The van der Waals surface area contributed by atoms with Crippen molar-refractivity contribution in [2.45, 2.75) is 12.5 Å². The highest BCUT2D eigenvalue weighted by molar-refractivity contribution is 5.74. The Morgan fingerprint density at radius 1 is 1.91 bits per heavy atom. The predicted molar refractivity (Wildman–Crippen MR) is 41.4 cm³/mol. The number of rotatable bonds is 5. The second-order valence-electron chi connectivity index (χ2n) is 2.05. The first kappa shape index (κ1) is 9.66. The maximum absolute atomic E-state index is 10.3. The van der Waals surface area contributed by atoms with E-state index in [4.69, 9.17) is 11.0 Å². The molecule has 0 aromatic carbocycles. The molecule has 0 fully saturated rings. The third-order valence-electron chi connectivity index (χ3n) is 1.07. The SMILES string of the molecule is C=CCNC(C#N)CC(N)=O. The fraction of sp³-hybridized carbons (Fsp3) is 0.429. The maximum Gasteiger partial charge on any atom is 0.220 e. The van der Waals surface area contributed by atoms with Crippen LogP contribution in [0.3, 0.4) is 0 Å². The van der Waals surface area contributed by atoms with Gasteiger partial charge in [0, 0.05) is 6.54 Å². The van der Waals surface area contributed by atoms with Crippen molar-refractivity contribution >= 4 is 5.91 Å². The van der Waals surface area contributed by atoms with Gasteiger partial charge in [-0.2, -0.15) is 5.26 Å². The van der Waals surface area contributed by atoms with Crippen molar-refractivity contribution in [2.75, 3.05) is 6.54 Å². The van der Waals surface area contributed by atoms with Gasteiger partial charge in [0.15, 0.2) is 0 Å². The van der Waals surface area contributed by atoms with Crippen LogP contribution in [0.15, 0.2) is 12.7 Å². The molecule has 0 bridgehead atoms. The van der Waals surface area contributed by atoms with Crippen LogP contribution in [0, 0.1) is 11.3 Å². The zero-order valence-electron chi connectivity index (χ0n) is 6.21. The molecular formula is C7H11N3O. The molecule has 0 saturated heterocycles. The van der Waals surface area contributed by atoms with E-state index in [1.54, 1.807) is 6.08 Å². The minimum Gasteiger partial charge on any atom is -0.370 e. The summed E-state index contributed by atoms with van der Waals surface area (Å²) in [4.78, 5) is 10.3. The van der Waals surface area contributed by atoms with E-state index in [0.29, 0.717) is 6.54 Å². The van der Waals surface area contributed by atoms with Gasteiger partial charge in [-0.3, -0.25) is 10.1 Å². The van der Waals surface area contributed by atoms with Crippen molar-refractivity contribution in [3.05, 3.63) is 12.7 Å². The lowest BCUT2D eigenvalue weighted by Crippen LogP contribution is -2.32. The lowest BCUT2D eigenvalue weighted by atomic mass is 10.2. The van der Waals surface area contributed by atoms with Crippen molar-refractivity contribution in [3.8, 4) is 6.07 Å². The predicted octanol–water partition coefficient (Wildman–Crippen LogP) is -0.470. The Balaban J connectivity index is 3.69. The largest absolute Gasteiger partial charge is 0.370 e. The zero-order chi connectivity index (χ0) is 8.69. The molecule has 60 valence electrons. The number of hydrogen-bond donors (Lipinski definition) is 2. The van der Waals surface area contributed by atoms with Gasteiger partial charge in [-0.25, -0.2) is 0 Å². The minimum absolute atomic E-state index is 0.0460. The van der Waals surface area contributed by atoms with Crippen LogP contribution in [0.1, 0.15) is 6.42 Å². The Morgan fingerprint density at radius 2 is 2.55 bits per heavy atom. The molecule has 4 heteroatoms.